The van der Waals surface area contributed by atoms with Crippen molar-refractivity contribution in [2.75, 3.05) is 7.11 Å². The highest BCUT2D eigenvalue weighted by Gasteiger charge is 2.48. The molecule has 1 amide bonds. The van der Waals surface area contributed by atoms with Crippen molar-refractivity contribution >= 4 is 17.6 Å². The van der Waals surface area contributed by atoms with E-state index in [0.717, 1.165) is 25.7 Å². The molecule has 1 heterocycles. The molecule has 2 aliphatic rings. The number of carbonyl (C=O) groups excluding carboxylic acids is 2. The number of fused-ring (bicyclic) bond motifs is 1. The summed E-state index contributed by atoms with van der Waals surface area (Å²) in [4.78, 5) is 39.1. The number of ether oxygens (including phenoxy) is 2. The molecule has 8 heteroatoms. The summed E-state index contributed by atoms with van der Waals surface area (Å²) in [6, 6.07) is 10.5. The van der Waals surface area contributed by atoms with Crippen LogP contribution in [0.2, 0.25) is 0 Å². The van der Waals surface area contributed by atoms with Crippen LogP contribution in [0.5, 0.6) is 11.5 Å². The van der Waals surface area contributed by atoms with Gasteiger partial charge in [-0.15, -0.1) is 0 Å². The molecule has 32 heavy (non-hydrogen) atoms. The highest BCUT2D eigenvalue weighted by molar-refractivity contribution is 6.00. The molecular formula is C24H26N2O6. The number of hydrogen-bond donors (Lipinski definition) is 0. The largest absolute Gasteiger partial charge is 0.496 e. The standard InChI is InChI=1S/C24H26N2O6/c1-15-13-17(11-12-19(15)26(29)30)32-24(28)21-14-16-7-3-5-9-20(16)25(21)23(27)18-8-4-6-10-22(18)31-2/h4,6,8,10-13,16,20-21H,3,5,7,9,14H2,1-2H3. The normalized spacial score (nSPS) is 22.2. The molecule has 0 bridgehead atoms. The smallest absolute Gasteiger partial charge is 0.334 e. The topological polar surface area (TPSA) is 99.0 Å². The van der Waals surface area contributed by atoms with Crippen LogP contribution >= 0.6 is 0 Å². The van der Waals surface area contributed by atoms with E-state index in [4.69, 9.17) is 9.47 Å². The Hall–Kier alpha value is -3.42. The quantitative estimate of drug-likeness (QED) is 0.299. The Morgan fingerprint density at radius 1 is 1.12 bits per heavy atom. The fourth-order valence-electron chi connectivity index (χ4n) is 5.00. The Labute approximate surface area is 186 Å². The molecule has 8 nitrogen and oxygen atoms in total. The molecule has 1 saturated carbocycles. The van der Waals surface area contributed by atoms with Crippen molar-refractivity contribution in [3.05, 3.63) is 63.7 Å². The highest BCUT2D eigenvalue weighted by Crippen LogP contribution is 2.41. The second-order valence-corrected chi connectivity index (χ2v) is 8.40. The van der Waals surface area contributed by atoms with Gasteiger partial charge in [0.05, 0.1) is 17.6 Å². The Morgan fingerprint density at radius 2 is 1.88 bits per heavy atom. The number of methoxy groups -OCH3 is 1. The van der Waals surface area contributed by atoms with E-state index in [1.54, 1.807) is 36.1 Å². The minimum absolute atomic E-state index is 0.0164. The summed E-state index contributed by atoms with van der Waals surface area (Å²) in [5.41, 5.74) is 0.789. The summed E-state index contributed by atoms with van der Waals surface area (Å²) in [7, 11) is 1.52. The van der Waals surface area contributed by atoms with Gasteiger partial charge in [0, 0.05) is 17.7 Å². The molecule has 2 aromatic carbocycles. The van der Waals surface area contributed by atoms with Crippen LogP contribution in [0, 0.1) is 23.0 Å². The van der Waals surface area contributed by atoms with E-state index in [2.05, 4.69) is 0 Å². The van der Waals surface area contributed by atoms with Gasteiger partial charge >= 0.3 is 5.97 Å². The minimum atomic E-state index is -0.712. The lowest BCUT2D eigenvalue weighted by molar-refractivity contribution is -0.385. The van der Waals surface area contributed by atoms with Crippen LogP contribution in [-0.4, -0.2) is 40.9 Å². The Morgan fingerprint density at radius 3 is 2.59 bits per heavy atom. The monoisotopic (exact) mass is 438 g/mol. The number of nitrogens with zero attached hydrogens (tertiary/aromatic N) is 2. The lowest BCUT2D eigenvalue weighted by atomic mass is 9.84. The van der Waals surface area contributed by atoms with Gasteiger partial charge in [0.15, 0.2) is 0 Å². The zero-order valence-electron chi connectivity index (χ0n) is 18.2. The third-order valence-electron chi connectivity index (χ3n) is 6.52. The fourth-order valence-corrected chi connectivity index (χ4v) is 5.00. The van der Waals surface area contributed by atoms with E-state index in [1.807, 2.05) is 0 Å². The molecule has 0 aromatic heterocycles. The van der Waals surface area contributed by atoms with Gasteiger partial charge in [-0.3, -0.25) is 14.9 Å². The zero-order chi connectivity index (χ0) is 22.8. The van der Waals surface area contributed by atoms with E-state index >= 15 is 0 Å². The molecule has 1 aliphatic heterocycles. The van der Waals surface area contributed by atoms with Crippen LogP contribution in [0.25, 0.3) is 0 Å². The molecule has 3 atom stereocenters. The molecule has 0 spiro atoms. The third kappa shape index (κ3) is 4.04. The predicted octanol–water partition coefficient (Wildman–Crippen LogP) is 4.29. The second-order valence-electron chi connectivity index (χ2n) is 8.40. The maximum atomic E-state index is 13.6. The number of nitro groups is 1. The van der Waals surface area contributed by atoms with Crippen molar-refractivity contribution in [2.45, 2.75) is 51.1 Å². The molecule has 2 aromatic rings. The van der Waals surface area contributed by atoms with Crippen LogP contribution in [0.1, 0.15) is 48.0 Å². The van der Waals surface area contributed by atoms with Gasteiger partial charge in [-0.25, -0.2) is 4.79 Å². The molecule has 0 radical (unpaired) electrons. The number of aryl methyl sites for hydroxylation is 1. The number of hydrogen-bond acceptors (Lipinski definition) is 6. The Balaban J connectivity index is 1.62. The summed E-state index contributed by atoms with van der Waals surface area (Å²) in [5.74, 6) is 0.195. The first kappa shape index (κ1) is 21.8. The number of carbonyl (C=O) groups is 2. The number of nitro benzene ring substituents is 1. The highest BCUT2D eigenvalue weighted by atomic mass is 16.6. The number of amides is 1. The summed E-state index contributed by atoms with van der Waals surface area (Å²) in [6.45, 7) is 1.59. The van der Waals surface area contributed by atoms with Crippen molar-refractivity contribution in [1.82, 2.24) is 4.90 Å². The fraction of sp³-hybridized carbons (Fsp3) is 0.417. The van der Waals surface area contributed by atoms with Crippen LogP contribution in [0.4, 0.5) is 5.69 Å². The number of para-hydroxylation sites is 1. The van der Waals surface area contributed by atoms with Crippen LogP contribution in [0.3, 0.4) is 0 Å². The number of likely N-dealkylation sites (tertiary alicyclic amines) is 1. The van der Waals surface area contributed by atoms with Gasteiger partial charge in [-0.1, -0.05) is 25.0 Å². The van der Waals surface area contributed by atoms with Crippen molar-refractivity contribution in [1.29, 1.82) is 0 Å². The number of rotatable bonds is 5. The number of benzene rings is 2. The lowest BCUT2D eigenvalue weighted by Crippen LogP contribution is -2.47. The molecule has 0 N–H and O–H groups in total. The van der Waals surface area contributed by atoms with E-state index in [1.165, 1.54) is 25.3 Å². The van der Waals surface area contributed by atoms with Crippen molar-refractivity contribution in [3.63, 3.8) is 0 Å². The SMILES string of the molecule is COc1ccccc1C(=O)N1C(C(=O)Oc2ccc([N+](=O)[O-])c(C)c2)CC2CCCCC21. The first-order valence-corrected chi connectivity index (χ1v) is 10.8. The van der Waals surface area contributed by atoms with E-state index < -0.39 is 16.9 Å². The summed E-state index contributed by atoms with van der Waals surface area (Å²) >= 11 is 0. The molecule has 2 fully saturated rings. The van der Waals surface area contributed by atoms with E-state index in [-0.39, 0.29) is 29.3 Å². The average Bonchev–Trinajstić information content (AvgIpc) is 3.18. The summed E-state index contributed by atoms with van der Waals surface area (Å²) in [6.07, 6.45) is 4.48. The van der Waals surface area contributed by atoms with Gasteiger partial charge in [0.25, 0.3) is 11.6 Å². The molecule has 168 valence electrons. The van der Waals surface area contributed by atoms with Crippen molar-refractivity contribution < 1.29 is 24.0 Å². The van der Waals surface area contributed by atoms with Gasteiger partial charge in [-0.2, -0.15) is 0 Å². The minimum Gasteiger partial charge on any atom is -0.496 e. The first-order chi connectivity index (χ1) is 15.4. The van der Waals surface area contributed by atoms with Crippen LogP contribution in [0.15, 0.2) is 42.5 Å². The van der Waals surface area contributed by atoms with Gasteiger partial charge in [0.1, 0.15) is 17.5 Å². The zero-order valence-corrected chi connectivity index (χ0v) is 18.2. The average molecular weight is 438 g/mol. The van der Waals surface area contributed by atoms with Gasteiger partial charge in [-0.05, 0) is 56.4 Å². The van der Waals surface area contributed by atoms with Crippen molar-refractivity contribution in [2.24, 2.45) is 5.92 Å². The molecule has 1 saturated heterocycles. The third-order valence-corrected chi connectivity index (χ3v) is 6.52. The lowest BCUT2D eigenvalue weighted by Gasteiger charge is -2.33. The molecule has 4 rings (SSSR count). The maximum absolute atomic E-state index is 13.6. The predicted molar refractivity (Wildman–Crippen MR) is 117 cm³/mol. The Kier molecular flexibility index (Phi) is 6.12. The summed E-state index contributed by atoms with van der Waals surface area (Å²) in [5, 5.41) is 11.1. The molecule has 3 unspecified atom stereocenters. The van der Waals surface area contributed by atoms with Crippen LogP contribution in [-0.2, 0) is 4.79 Å². The Bertz CT molecular complexity index is 1050. The van der Waals surface area contributed by atoms with E-state index in [0.29, 0.717) is 23.3 Å². The molecular weight excluding hydrogens is 412 g/mol. The van der Waals surface area contributed by atoms with Crippen molar-refractivity contribution in [3.8, 4) is 11.5 Å². The second kappa shape index (κ2) is 8.98. The molecule has 1 aliphatic carbocycles. The maximum Gasteiger partial charge on any atom is 0.334 e. The van der Waals surface area contributed by atoms with E-state index in [9.17, 15) is 19.7 Å². The number of esters is 1. The van der Waals surface area contributed by atoms with Crippen LogP contribution < -0.4 is 9.47 Å². The van der Waals surface area contributed by atoms with Gasteiger partial charge < -0.3 is 14.4 Å². The first-order valence-electron chi connectivity index (χ1n) is 10.8. The summed E-state index contributed by atoms with van der Waals surface area (Å²) < 4.78 is 11.0. The van der Waals surface area contributed by atoms with Gasteiger partial charge in [0.2, 0.25) is 0 Å².